The van der Waals surface area contributed by atoms with Crippen molar-refractivity contribution < 1.29 is 9.59 Å². The Bertz CT molecular complexity index is 915. The minimum atomic E-state index is -1.30. The molecule has 1 atom stereocenters. The van der Waals surface area contributed by atoms with E-state index < -0.39 is 5.66 Å². The Labute approximate surface area is 139 Å². The number of likely N-dealkylation sites (N-methyl/N-ethyl adjacent to an activating group) is 1. The summed E-state index contributed by atoms with van der Waals surface area (Å²) in [6, 6.07) is 14.6. The molecule has 0 bridgehead atoms. The van der Waals surface area contributed by atoms with Gasteiger partial charge >= 0.3 is 0 Å². The van der Waals surface area contributed by atoms with Crippen LogP contribution in [0, 0.1) is 12.3 Å². The molecule has 4 rings (SSSR count). The fourth-order valence-corrected chi connectivity index (χ4v) is 3.54. The summed E-state index contributed by atoms with van der Waals surface area (Å²) >= 11 is 0. The lowest BCUT2D eigenvalue weighted by Crippen LogP contribution is -2.62. The van der Waals surface area contributed by atoms with Gasteiger partial charge in [0.1, 0.15) is 0 Å². The number of fused-ring (bicyclic) bond motifs is 3. The Morgan fingerprint density at radius 1 is 1.12 bits per heavy atom. The topological polar surface area (TPSA) is 52.7 Å². The van der Waals surface area contributed by atoms with Gasteiger partial charge in [-0.05, 0) is 18.2 Å². The number of carbonyl (C=O) groups excluding carboxylic acids is 2. The molecule has 0 aromatic heterocycles. The normalized spacial score (nSPS) is 21.3. The summed E-state index contributed by atoms with van der Waals surface area (Å²) < 4.78 is 0. The van der Waals surface area contributed by atoms with E-state index in [4.69, 9.17) is 6.42 Å². The smallest absolute Gasteiger partial charge is 0.278 e. The van der Waals surface area contributed by atoms with E-state index in [1.165, 1.54) is 4.90 Å². The lowest BCUT2D eigenvalue weighted by Gasteiger charge is -2.44. The maximum atomic E-state index is 13.2. The third-order valence-electron chi connectivity index (χ3n) is 4.64. The first-order chi connectivity index (χ1) is 11.6. The van der Waals surface area contributed by atoms with E-state index >= 15 is 0 Å². The van der Waals surface area contributed by atoms with E-state index in [0.29, 0.717) is 11.3 Å². The van der Waals surface area contributed by atoms with Crippen LogP contribution < -0.4 is 10.2 Å². The summed E-state index contributed by atoms with van der Waals surface area (Å²) in [7, 11) is 1.70. The van der Waals surface area contributed by atoms with Crippen molar-refractivity contribution in [3.8, 4) is 12.3 Å². The Balaban J connectivity index is 2.01. The SMILES string of the molecule is C#CCN1C(=O)c2ccccc2NC12C(=O)N(C)c1ccccc12. The van der Waals surface area contributed by atoms with Gasteiger partial charge < -0.3 is 10.2 Å². The second-order valence-corrected chi connectivity index (χ2v) is 5.86. The van der Waals surface area contributed by atoms with Gasteiger partial charge in [-0.3, -0.25) is 14.5 Å². The molecule has 1 spiro atoms. The average Bonchev–Trinajstić information content (AvgIpc) is 2.82. The van der Waals surface area contributed by atoms with Crippen LogP contribution in [0.15, 0.2) is 48.5 Å². The van der Waals surface area contributed by atoms with Crippen molar-refractivity contribution in [3.63, 3.8) is 0 Å². The second kappa shape index (κ2) is 4.87. The number of benzene rings is 2. The molecule has 118 valence electrons. The van der Waals surface area contributed by atoms with E-state index in [9.17, 15) is 9.59 Å². The van der Waals surface area contributed by atoms with E-state index in [0.717, 1.165) is 11.3 Å². The summed E-state index contributed by atoms with van der Waals surface area (Å²) in [6.45, 7) is 0.0358. The van der Waals surface area contributed by atoms with Crippen LogP contribution in [0.1, 0.15) is 15.9 Å². The first kappa shape index (κ1) is 14.3. The Morgan fingerprint density at radius 3 is 2.62 bits per heavy atom. The molecular formula is C19H15N3O2. The van der Waals surface area contributed by atoms with Crippen molar-refractivity contribution in [2.75, 3.05) is 23.8 Å². The minimum absolute atomic E-state index is 0.0358. The molecule has 24 heavy (non-hydrogen) atoms. The van der Waals surface area contributed by atoms with Gasteiger partial charge in [-0.25, -0.2) is 0 Å². The third-order valence-corrected chi connectivity index (χ3v) is 4.64. The van der Waals surface area contributed by atoms with Gasteiger partial charge in [0, 0.05) is 18.3 Å². The highest BCUT2D eigenvalue weighted by atomic mass is 16.2. The molecule has 5 heteroatoms. The monoisotopic (exact) mass is 317 g/mol. The zero-order chi connectivity index (χ0) is 16.9. The van der Waals surface area contributed by atoms with Crippen molar-refractivity contribution in [2.45, 2.75) is 5.66 Å². The van der Waals surface area contributed by atoms with Crippen LogP contribution in [0.25, 0.3) is 0 Å². The van der Waals surface area contributed by atoms with Crippen molar-refractivity contribution in [1.29, 1.82) is 0 Å². The van der Waals surface area contributed by atoms with Crippen molar-refractivity contribution in [3.05, 3.63) is 59.7 Å². The van der Waals surface area contributed by atoms with Gasteiger partial charge in [-0.1, -0.05) is 36.3 Å². The number of hydrogen-bond acceptors (Lipinski definition) is 3. The van der Waals surface area contributed by atoms with Crippen LogP contribution in [0.4, 0.5) is 11.4 Å². The highest BCUT2D eigenvalue weighted by molar-refractivity contribution is 6.15. The van der Waals surface area contributed by atoms with Gasteiger partial charge in [-0.2, -0.15) is 0 Å². The fraction of sp³-hybridized carbons (Fsp3) is 0.158. The molecule has 0 radical (unpaired) electrons. The lowest BCUT2D eigenvalue weighted by molar-refractivity contribution is -0.126. The maximum Gasteiger partial charge on any atom is 0.278 e. The average molecular weight is 317 g/mol. The van der Waals surface area contributed by atoms with Gasteiger partial charge in [0.25, 0.3) is 11.8 Å². The van der Waals surface area contributed by atoms with Crippen LogP contribution in [0.3, 0.4) is 0 Å². The van der Waals surface area contributed by atoms with Gasteiger partial charge in [-0.15, -0.1) is 6.42 Å². The molecule has 0 saturated carbocycles. The van der Waals surface area contributed by atoms with Crippen LogP contribution in [-0.4, -0.2) is 30.3 Å². The van der Waals surface area contributed by atoms with Gasteiger partial charge in [0.15, 0.2) is 0 Å². The number of hydrogen-bond donors (Lipinski definition) is 1. The predicted octanol–water partition coefficient (Wildman–Crippen LogP) is 2.02. The molecule has 2 aliphatic rings. The summed E-state index contributed by atoms with van der Waals surface area (Å²) in [5, 5.41) is 3.29. The van der Waals surface area contributed by atoms with Crippen molar-refractivity contribution in [2.24, 2.45) is 0 Å². The number of para-hydroxylation sites is 2. The Hall–Kier alpha value is -3.26. The molecule has 2 aromatic rings. The fourth-order valence-electron chi connectivity index (χ4n) is 3.54. The number of carbonyl (C=O) groups is 2. The van der Waals surface area contributed by atoms with Gasteiger partial charge in [0.05, 0.1) is 17.8 Å². The van der Waals surface area contributed by atoms with Crippen LogP contribution in [0.2, 0.25) is 0 Å². The molecule has 0 fully saturated rings. The number of nitrogens with zero attached hydrogens (tertiary/aromatic N) is 2. The van der Waals surface area contributed by atoms with Crippen LogP contribution in [0.5, 0.6) is 0 Å². The van der Waals surface area contributed by atoms with Crippen LogP contribution in [-0.2, 0) is 10.5 Å². The molecular weight excluding hydrogens is 302 g/mol. The maximum absolute atomic E-state index is 13.2. The molecule has 2 amide bonds. The van der Waals surface area contributed by atoms with E-state index in [2.05, 4.69) is 11.2 Å². The second-order valence-electron chi connectivity index (χ2n) is 5.86. The van der Waals surface area contributed by atoms with Crippen LogP contribution >= 0.6 is 0 Å². The first-order valence-corrected chi connectivity index (χ1v) is 7.61. The summed E-state index contributed by atoms with van der Waals surface area (Å²) in [4.78, 5) is 29.2. The molecule has 0 saturated heterocycles. The molecule has 0 aliphatic carbocycles. The standard InChI is InChI=1S/C19H15N3O2/c1-3-12-22-17(23)13-8-4-6-10-15(13)20-19(22)14-9-5-7-11-16(14)21(2)18(19)24/h1,4-11,20H,12H2,2H3. The van der Waals surface area contributed by atoms with E-state index in [-0.39, 0.29) is 18.4 Å². The third kappa shape index (κ3) is 1.60. The first-order valence-electron chi connectivity index (χ1n) is 7.61. The van der Waals surface area contributed by atoms with E-state index in [1.807, 2.05) is 30.3 Å². The van der Waals surface area contributed by atoms with Gasteiger partial charge in [0.2, 0.25) is 5.66 Å². The quantitative estimate of drug-likeness (QED) is 0.819. The van der Waals surface area contributed by atoms with Crippen molar-refractivity contribution >= 4 is 23.2 Å². The zero-order valence-corrected chi connectivity index (χ0v) is 13.1. The summed E-state index contributed by atoms with van der Waals surface area (Å²) in [6.07, 6.45) is 5.50. The predicted molar refractivity (Wildman–Crippen MR) is 91.5 cm³/mol. The number of anilines is 2. The Kier molecular flexibility index (Phi) is 2.91. The minimum Gasteiger partial charge on any atom is -0.350 e. The molecule has 1 unspecified atom stereocenters. The summed E-state index contributed by atoms with van der Waals surface area (Å²) in [5.74, 6) is 2.04. The highest BCUT2D eigenvalue weighted by Crippen LogP contribution is 2.47. The largest absolute Gasteiger partial charge is 0.350 e. The Morgan fingerprint density at radius 2 is 1.83 bits per heavy atom. The molecule has 5 nitrogen and oxygen atoms in total. The summed E-state index contributed by atoms with van der Waals surface area (Å²) in [5.41, 5.74) is 1.34. The van der Waals surface area contributed by atoms with E-state index in [1.54, 1.807) is 30.1 Å². The lowest BCUT2D eigenvalue weighted by atomic mass is 9.93. The molecule has 2 aliphatic heterocycles. The number of terminal acetylenes is 1. The molecule has 2 heterocycles. The highest BCUT2D eigenvalue weighted by Gasteiger charge is 2.58. The number of nitrogens with one attached hydrogen (secondary N) is 1. The molecule has 2 aromatic carbocycles. The van der Waals surface area contributed by atoms with Crippen molar-refractivity contribution in [1.82, 2.24) is 4.90 Å². The molecule has 1 N–H and O–H groups in total. The number of rotatable bonds is 1. The zero-order valence-electron chi connectivity index (χ0n) is 13.1. The number of amides is 2.